The number of amides is 2. The number of rotatable bonds is 6. The predicted octanol–water partition coefficient (Wildman–Crippen LogP) is 3.68. The predicted molar refractivity (Wildman–Crippen MR) is 92.9 cm³/mol. The van der Waals surface area contributed by atoms with E-state index in [1.54, 1.807) is 18.2 Å². The van der Waals surface area contributed by atoms with Gasteiger partial charge in [0.25, 0.3) is 0 Å². The summed E-state index contributed by atoms with van der Waals surface area (Å²) in [7, 11) is 0. The molecule has 0 aliphatic heterocycles. The number of hydrogen-bond acceptors (Lipinski definition) is 2. The molecular formula is C17H16Cl2N2O2. The van der Waals surface area contributed by atoms with E-state index in [1.165, 1.54) is 0 Å². The number of anilines is 1. The van der Waals surface area contributed by atoms with Crippen molar-refractivity contribution in [3.05, 3.63) is 64.1 Å². The summed E-state index contributed by atoms with van der Waals surface area (Å²) < 4.78 is 0. The second-order valence-corrected chi connectivity index (χ2v) is 5.78. The standard InChI is InChI=1S/C17H16Cl2N2O2/c18-13-6-7-15(14(19)11-13)21-16(22)8-9-20-17(23)10-12-4-2-1-3-5-12/h1-7,11H,8-10H2,(H,20,23)(H,21,22). The molecule has 0 heterocycles. The number of halogens is 2. The molecule has 0 aromatic heterocycles. The maximum absolute atomic E-state index is 11.8. The molecule has 2 rings (SSSR count). The summed E-state index contributed by atoms with van der Waals surface area (Å²) in [6, 6.07) is 14.3. The highest BCUT2D eigenvalue weighted by molar-refractivity contribution is 6.36. The van der Waals surface area contributed by atoms with Crippen molar-refractivity contribution < 1.29 is 9.59 Å². The van der Waals surface area contributed by atoms with Crippen LogP contribution in [0.4, 0.5) is 5.69 Å². The average Bonchev–Trinajstić information content (AvgIpc) is 2.51. The summed E-state index contributed by atoms with van der Waals surface area (Å²) in [5.41, 5.74) is 1.43. The normalized spacial score (nSPS) is 10.2. The number of carbonyl (C=O) groups is 2. The first-order valence-corrected chi connectivity index (χ1v) is 7.86. The van der Waals surface area contributed by atoms with Gasteiger partial charge in [-0.3, -0.25) is 9.59 Å². The molecule has 0 spiro atoms. The van der Waals surface area contributed by atoms with Gasteiger partial charge in [-0.05, 0) is 23.8 Å². The number of nitrogens with one attached hydrogen (secondary N) is 2. The van der Waals surface area contributed by atoms with E-state index in [0.29, 0.717) is 22.2 Å². The number of carbonyl (C=O) groups excluding carboxylic acids is 2. The van der Waals surface area contributed by atoms with Crippen molar-refractivity contribution in [3.63, 3.8) is 0 Å². The minimum Gasteiger partial charge on any atom is -0.355 e. The molecule has 0 fully saturated rings. The second kappa shape index (κ2) is 8.56. The lowest BCUT2D eigenvalue weighted by Gasteiger charge is -2.08. The van der Waals surface area contributed by atoms with Crippen molar-refractivity contribution in [2.24, 2.45) is 0 Å². The van der Waals surface area contributed by atoms with Gasteiger partial charge in [-0.15, -0.1) is 0 Å². The van der Waals surface area contributed by atoms with Crippen molar-refractivity contribution in [2.45, 2.75) is 12.8 Å². The minimum atomic E-state index is -0.228. The third kappa shape index (κ3) is 5.93. The van der Waals surface area contributed by atoms with Crippen molar-refractivity contribution in [1.82, 2.24) is 5.32 Å². The number of benzene rings is 2. The molecule has 0 saturated heterocycles. The molecular weight excluding hydrogens is 335 g/mol. The van der Waals surface area contributed by atoms with Crippen LogP contribution in [0.25, 0.3) is 0 Å². The minimum absolute atomic E-state index is 0.117. The van der Waals surface area contributed by atoms with Crippen LogP contribution >= 0.6 is 23.2 Å². The summed E-state index contributed by atoms with van der Waals surface area (Å²) in [6.45, 7) is 0.267. The van der Waals surface area contributed by atoms with Crippen LogP contribution < -0.4 is 10.6 Å². The zero-order chi connectivity index (χ0) is 16.7. The molecule has 0 aliphatic carbocycles. The fourth-order valence-corrected chi connectivity index (χ4v) is 2.42. The van der Waals surface area contributed by atoms with Crippen molar-refractivity contribution in [3.8, 4) is 0 Å². The first-order chi connectivity index (χ1) is 11.0. The molecule has 0 bridgehead atoms. The Morgan fingerprint density at radius 1 is 0.957 bits per heavy atom. The lowest BCUT2D eigenvalue weighted by Crippen LogP contribution is -2.28. The average molecular weight is 351 g/mol. The Labute approximate surface area is 144 Å². The fraction of sp³-hybridized carbons (Fsp3) is 0.176. The van der Waals surface area contributed by atoms with Gasteiger partial charge in [0.15, 0.2) is 0 Å². The molecule has 120 valence electrons. The van der Waals surface area contributed by atoms with Gasteiger partial charge < -0.3 is 10.6 Å². The zero-order valence-electron chi connectivity index (χ0n) is 12.3. The molecule has 6 heteroatoms. The van der Waals surface area contributed by atoms with Gasteiger partial charge in [0.1, 0.15) is 0 Å². The number of hydrogen-bond donors (Lipinski definition) is 2. The lowest BCUT2D eigenvalue weighted by atomic mass is 10.1. The van der Waals surface area contributed by atoms with E-state index in [-0.39, 0.29) is 24.8 Å². The monoisotopic (exact) mass is 350 g/mol. The first-order valence-electron chi connectivity index (χ1n) is 7.10. The topological polar surface area (TPSA) is 58.2 Å². The molecule has 2 N–H and O–H groups in total. The van der Waals surface area contributed by atoms with Crippen LogP contribution in [0.1, 0.15) is 12.0 Å². The molecule has 0 atom stereocenters. The third-order valence-corrected chi connectivity index (χ3v) is 3.63. The Morgan fingerprint density at radius 2 is 1.70 bits per heavy atom. The van der Waals surface area contributed by atoms with Crippen molar-refractivity contribution >= 4 is 40.7 Å². The largest absolute Gasteiger partial charge is 0.355 e. The molecule has 2 amide bonds. The van der Waals surface area contributed by atoms with E-state index >= 15 is 0 Å². The molecule has 2 aromatic rings. The Bertz CT molecular complexity index is 690. The van der Waals surface area contributed by atoms with Crippen LogP contribution in [-0.2, 0) is 16.0 Å². The highest BCUT2D eigenvalue weighted by Crippen LogP contribution is 2.25. The highest BCUT2D eigenvalue weighted by Gasteiger charge is 2.08. The lowest BCUT2D eigenvalue weighted by molar-refractivity contribution is -0.120. The zero-order valence-corrected chi connectivity index (χ0v) is 13.8. The van der Waals surface area contributed by atoms with E-state index in [1.807, 2.05) is 30.3 Å². The van der Waals surface area contributed by atoms with Gasteiger partial charge in [0, 0.05) is 18.0 Å². The molecule has 2 aromatic carbocycles. The van der Waals surface area contributed by atoms with Crippen molar-refractivity contribution in [1.29, 1.82) is 0 Å². The van der Waals surface area contributed by atoms with Gasteiger partial charge in [0.2, 0.25) is 11.8 Å². The van der Waals surface area contributed by atoms with Crippen LogP contribution in [0.3, 0.4) is 0 Å². The van der Waals surface area contributed by atoms with E-state index in [9.17, 15) is 9.59 Å². The molecule has 0 unspecified atom stereocenters. The molecule has 4 nitrogen and oxygen atoms in total. The Morgan fingerprint density at radius 3 is 2.39 bits per heavy atom. The SMILES string of the molecule is O=C(Cc1ccccc1)NCCC(=O)Nc1ccc(Cl)cc1Cl. The van der Waals surface area contributed by atoms with E-state index in [4.69, 9.17) is 23.2 Å². The quantitative estimate of drug-likeness (QED) is 0.834. The summed E-state index contributed by atoms with van der Waals surface area (Å²) in [5.74, 6) is -0.345. The van der Waals surface area contributed by atoms with Gasteiger partial charge >= 0.3 is 0 Å². The molecule has 0 saturated carbocycles. The van der Waals surface area contributed by atoms with Crippen LogP contribution in [0.15, 0.2) is 48.5 Å². The van der Waals surface area contributed by atoms with Crippen LogP contribution in [0.5, 0.6) is 0 Å². The Balaban J connectivity index is 1.73. The highest BCUT2D eigenvalue weighted by atomic mass is 35.5. The van der Waals surface area contributed by atoms with Gasteiger partial charge in [-0.1, -0.05) is 53.5 Å². The summed E-state index contributed by atoms with van der Waals surface area (Å²) >= 11 is 11.8. The van der Waals surface area contributed by atoms with Crippen LogP contribution in [-0.4, -0.2) is 18.4 Å². The fourth-order valence-electron chi connectivity index (χ4n) is 1.96. The maximum atomic E-state index is 11.8. The summed E-state index contributed by atoms with van der Waals surface area (Å²) in [6.07, 6.45) is 0.463. The molecule has 0 radical (unpaired) electrons. The summed E-state index contributed by atoms with van der Waals surface area (Å²) in [5, 5.41) is 6.27. The second-order valence-electron chi connectivity index (χ2n) is 4.93. The maximum Gasteiger partial charge on any atom is 0.226 e. The Kier molecular flexibility index (Phi) is 6.44. The first kappa shape index (κ1) is 17.3. The van der Waals surface area contributed by atoms with Gasteiger partial charge in [0.05, 0.1) is 17.1 Å². The molecule has 0 aliphatic rings. The van der Waals surface area contributed by atoms with Crippen LogP contribution in [0.2, 0.25) is 10.0 Å². The van der Waals surface area contributed by atoms with E-state index in [0.717, 1.165) is 5.56 Å². The smallest absolute Gasteiger partial charge is 0.226 e. The van der Waals surface area contributed by atoms with Gasteiger partial charge in [-0.25, -0.2) is 0 Å². The summed E-state index contributed by atoms with van der Waals surface area (Å²) in [4.78, 5) is 23.6. The van der Waals surface area contributed by atoms with Crippen LogP contribution in [0, 0.1) is 0 Å². The van der Waals surface area contributed by atoms with Crippen molar-refractivity contribution in [2.75, 3.05) is 11.9 Å². The Hall–Kier alpha value is -2.04. The van der Waals surface area contributed by atoms with E-state index in [2.05, 4.69) is 10.6 Å². The molecule has 23 heavy (non-hydrogen) atoms. The third-order valence-electron chi connectivity index (χ3n) is 3.09. The van der Waals surface area contributed by atoms with E-state index < -0.39 is 0 Å². The van der Waals surface area contributed by atoms with Gasteiger partial charge in [-0.2, -0.15) is 0 Å².